The van der Waals surface area contributed by atoms with Gasteiger partial charge in [0.15, 0.2) is 15.1 Å². The number of sulfone groups is 1. The lowest BCUT2D eigenvalue weighted by atomic mass is 10.1. The number of hydrogen-bond donors (Lipinski definition) is 1. The van der Waals surface area contributed by atoms with Gasteiger partial charge in [0.05, 0.1) is 10.5 Å². The molecule has 0 amide bonds. The Balaban J connectivity index is 3.17. The lowest BCUT2D eigenvalue weighted by Crippen LogP contribution is -2.30. The molecule has 4 nitrogen and oxygen atoms in total. The fourth-order valence-electron chi connectivity index (χ4n) is 2.00. The van der Waals surface area contributed by atoms with E-state index in [-0.39, 0.29) is 6.42 Å². The van der Waals surface area contributed by atoms with E-state index in [2.05, 4.69) is 0 Å². The van der Waals surface area contributed by atoms with Crippen LogP contribution in [0.4, 0.5) is 13.2 Å². The molecule has 8 heteroatoms. The minimum atomic E-state index is -4.69. The van der Waals surface area contributed by atoms with Gasteiger partial charge in [0.2, 0.25) is 0 Å². The molecule has 0 bridgehead atoms. The highest BCUT2D eigenvalue weighted by Gasteiger charge is 2.36. The van der Waals surface area contributed by atoms with E-state index in [1.807, 2.05) is 6.92 Å². The van der Waals surface area contributed by atoms with Crippen molar-refractivity contribution in [1.82, 2.24) is 0 Å². The predicted octanol–water partition coefficient (Wildman–Crippen LogP) is 3.51. The monoisotopic (exact) mass is 338 g/mol. The Morgan fingerprint density at radius 1 is 1.27 bits per heavy atom. The average Bonchev–Trinajstić information content (AvgIpc) is 2.42. The Kier molecular flexibility index (Phi) is 5.99. The zero-order chi connectivity index (χ0) is 17.0. The zero-order valence-electron chi connectivity index (χ0n) is 11.9. The van der Waals surface area contributed by atoms with Crippen LogP contribution in [0.25, 0.3) is 0 Å². The molecule has 0 saturated carbocycles. The lowest BCUT2D eigenvalue weighted by molar-refractivity contribution is -0.138. The summed E-state index contributed by atoms with van der Waals surface area (Å²) in [5, 5.41) is 7.36. The van der Waals surface area contributed by atoms with Crippen molar-refractivity contribution < 1.29 is 31.5 Å². The van der Waals surface area contributed by atoms with Crippen LogP contribution < -0.4 is 0 Å². The molecule has 1 atom stereocenters. The molecule has 0 aliphatic carbocycles. The molecule has 0 aliphatic rings. The van der Waals surface area contributed by atoms with Crippen LogP contribution in [0.2, 0.25) is 0 Å². The molecule has 1 aromatic rings. The maximum absolute atomic E-state index is 12.7. The average molecular weight is 338 g/mol. The second-order valence-electron chi connectivity index (χ2n) is 4.89. The number of rotatable bonds is 7. The van der Waals surface area contributed by atoms with Gasteiger partial charge in [-0.2, -0.15) is 13.2 Å². The second-order valence-corrected chi connectivity index (χ2v) is 7.02. The first-order valence-electron chi connectivity index (χ1n) is 6.74. The van der Waals surface area contributed by atoms with Crippen molar-refractivity contribution >= 4 is 15.8 Å². The van der Waals surface area contributed by atoms with Gasteiger partial charge in [0.25, 0.3) is 0 Å². The smallest absolute Gasteiger partial charge is 0.416 e. The van der Waals surface area contributed by atoms with E-state index in [4.69, 9.17) is 5.11 Å². The van der Waals surface area contributed by atoms with Crippen molar-refractivity contribution in [2.45, 2.75) is 48.9 Å². The summed E-state index contributed by atoms with van der Waals surface area (Å²) in [6.07, 6.45) is -3.00. The number of benzene rings is 1. The second kappa shape index (κ2) is 7.13. The molecule has 22 heavy (non-hydrogen) atoms. The van der Waals surface area contributed by atoms with Gasteiger partial charge in [-0.3, -0.25) is 4.79 Å². The van der Waals surface area contributed by atoms with Crippen molar-refractivity contribution in [3.63, 3.8) is 0 Å². The van der Waals surface area contributed by atoms with E-state index < -0.39 is 37.7 Å². The molecule has 1 unspecified atom stereocenters. The van der Waals surface area contributed by atoms with E-state index in [1.165, 1.54) is 0 Å². The first-order chi connectivity index (χ1) is 10.1. The Morgan fingerprint density at radius 3 is 2.41 bits per heavy atom. The van der Waals surface area contributed by atoms with Gasteiger partial charge in [-0.15, -0.1) is 0 Å². The quantitative estimate of drug-likeness (QED) is 0.772. The van der Waals surface area contributed by atoms with E-state index >= 15 is 0 Å². The number of hydrogen-bond acceptors (Lipinski definition) is 3. The fourth-order valence-corrected chi connectivity index (χ4v) is 3.64. The fraction of sp³-hybridized carbons (Fsp3) is 0.500. The highest BCUT2D eigenvalue weighted by Crippen LogP contribution is 2.31. The van der Waals surface area contributed by atoms with E-state index in [9.17, 15) is 26.4 Å². The van der Waals surface area contributed by atoms with Gasteiger partial charge in [-0.25, -0.2) is 8.42 Å². The highest BCUT2D eigenvalue weighted by molar-refractivity contribution is 7.92. The summed E-state index contributed by atoms with van der Waals surface area (Å²) < 4.78 is 62.6. The molecule has 0 radical (unpaired) electrons. The van der Waals surface area contributed by atoms with E-state index in [0.29, 0.717) is 18.9 Å². The van der Waals surface area contributed by atoms with Crippen LogP contribution in [0.15, 0.2) is 29.2 Å². The van der Waals surface area contributed by atoms with Gasteiger partial charge in [0, 0.05) is 0 Å². The van der Waals surface area contributed by atoms with Crippen LogP contribution in [-0.2, 0) is 20.8 Å². The number of carboxylic acid groups (broad SMARTS) is 1. The molecule has 0 saturated heterocycles. The molecule has 0 spiro atoms. The summed E-state index contributed by atoms with van der Waals surface area (Å²) >= 11 is 0. The molecule has 0 aromatic heterocycles. The van der Waals surface area contributed by atoms with Gasteiger partial charge < -0.3 is 5.11 Å². The number of unbranched alkanes of at least 4 members (excludes halogenated alkanes) is 2. The Hall–Kier alpha value is -1.57. The summed E-state index contributed by atoms with van der Waals surface area (Å²) in [7, 11) is -4.36. The molecular weight excluding hydrogens is 321 g/mol. The summed E-state index contributed by atoms with van der Waals surface area (Å²) in [6.45, 7) is 1.87. The number of halogens is 3. The summed E-state index contributed by atoms with van der Waals surface area (Å²) in [6, 6.07) is 3.16. The maximum atomic E-state index is 12.7. The van der Waals surface area contributed by atoms with Crippen LogP contribution in [0, 0.1) is 0 Å². The first-order valence-corrected chi connectivity index (χ1v) is 8.29. The van der Waals surface area contributed by atoms with Gasteiger partial charge in [-0.05, 0) is 24.6 Å². The van der Waals surface area contributed by atoms with Gasteiger partial charge >= 0.3 is 12.1 Å². The molecule has 124 valence electrons. The summed E-state index contributed by atoms with van der Waals surface area (Å²) in [5.74, 6) is -1.55. The van der Waals surface area contributed by atoms with Crippen LogP contribution in [0.5, 0.6) is 0 Å². The van der Waals surface area contributed by atoms with Gasteiger partial charge in [0.1, 0.15) is 0 Å². The van der Waals surface area contributed by atoms with Crippen molar-refractivity contribution in [1.29, 1.82) is 0 Å². The third-order valence-corrected chi connectivity index (χ3v) is 5.31. The Labute approximate surface area is 126 Å². The molecule has 1 rings (SSSR count). The molecule has 0 heterocycles. The Morgan fingerprint density at radius 2 is 1.91 bits per heavy atom. The standard InChI is InChI=1S/C14H17F3O4S/c1-2-3-4-8-12(13(18)19)22(20,21)11-7-5-6-10(9-11)14(15,16)17/h5-7,9,12H,2-4,8H2,1H3,(H,18,19). The summed E-state index contributed by atoms with van der Waals surface area (Å²) in [4.78, 5) is 10.6. The van der Waals surface area contributed by atoms with Crippen LogP contribution in [0.3, 0.4) is 0 Å². The third kappa shape index (κ3) is 4.46. The maximum Gasteiger partial charge on any atom is 0.416 e. The SMILES string of the molecule is CCCCCC(C(=O)O)S(=O)(=O)c1cccc(C(F)(F)F)c1. The summed E-state index contributed by atoms with van der Waals surface area (Å²) in [5.41, 5.74) is -1.12. The number of carboxylic acids is 1. The van der Waals surface area contributed by atoms with Crippen LogP contribution in [0.1, 0.15) is 38.2 Å². The van der Waals surface area contributed by atoms with E-state index in [1.54, 1.807) is 0 Å². The normalized spacial score (nSPS) is 13.8. The topological polar surface area (TPSA) is 71.4 Å². The van der Waals surface area contributed by atoms with Crippen LogP contribution >= 0.6 is 0 Å². The first kappa shape index (κ1) is 18.5. The third-order valence-electron chi connectivity index (χ3n) is 3.21. The lowest BCUT2D eigenvalue weighted by Gasteiger charge is -2.15. The minimum Gasteiger partial charge on any atom is -0.480 e. The zero-order valence-corrected chi connectivity index (χ0v) is 12.7. The number of alkyl halides is 3. The molecule has 1 N–H and O–H groups in total. The van der Waals surface area contributed by atoms with Crippen molar-refractivity contribution in [2.75, 3.05) is 0 Å². The van der Waals surface area contributed by atoms with Crippen molar-refractivity contribution in [3.8, 4) is 0 Å². The molecule has 0 fully saturated rings. The number of aliphatic carboxylic acids is 1. The molecule has 1 aromatic carbocycles. The van der Waals surface area contributed by atoms with Gasteiger partial charge in [-0.1, -0.05) is 32.3 Å². The highest BCUT2D eigenvalue weighted by atomic mass is 32.2. The largest absolute Gasteiger partial charge is 0.480 e. The predicted molar refractivity (Wildman–Crippen MR) is 74.2 cm³/mol. The molecule has 0 aliphatic heterocycles. The minimum absolute atomic E-state index is 0.123. The van der Waals surface area contributed by atoms with Crippen LogP contribution in [-0.4, -0.2) is 24.7 Å². The van der Waals surface area contributed by atoms with Crippen molar-refractivity contribution in [3.05, 3.63) is 29.8 Å². The van der Waals surface area contributed by atoms with Crippen molar-refractivity contribution in [2.24, 2.45) is 0 Å². The molecular formula is C14H17F3O4S. The number of carbonyl (C=O) groups is 1. The van der Waals surface area contributed by atoms with E-state index in [0.717, 1.165) is 24.6 Å². The Bertz CT molecular complexity index is 623.